The number of halogens is 1. The Morgan fingerprint density at radius 3 is 2.29 bits per heavy atom. The zero-order chi connectivity index (χ0) is 17.3. The second kappa shape index (κ2) is 6.22. The second-order valence-corrected chi connectivity index (χ2v) is 5.64. The van der Waals surface area contributed by atoms with E-state index < -0.39 is 11.8 Å². The van der Waals surface area contributed by atoms with Gasteiger partial charge >= 0.3 is 0 Å². The van der Waals surface area contributed by atoms with Crippen molar-refractivity contribution in [3.8, 4) is 5.75 Å². The van der Waals surface area contributed by atoms with Gasteiger partial charge in [-0.25, -0.2) is 0 Å². The molecule has 120 valence electrons. The van der Waals surface area contributed by atoms with Crippen LogP contribution < -0.4 is 11.1 Å². The van der Waals surface area contributed by atoms with Gasteiger partial charge in [0.1, 0.15) is 5.75 Å². The van der Waals surface area contributed by atoms with Crippen molar-refractivity contribution in [2.24, 2.45) is 5.73 Å². The average molecular weight is 341 g/mol. The Balaban J connectivity index is 1.94. The number of nitrogens with one attached hydrogen (secondary N) is 1. The summed E-state index contributed by atoms with van der Waals surface area (Å²) in [5.41, 5.74) is 5.83. The molecule has 3 aromatic carbocycles. The number of amides is 2. The Morgan fingerprint density at radius 2 is 1.62 bits per heavy atom. The van der Waals surface area contributed by atoms with Gasteiger partial charge in [0.15, 0.2) is 0 Å². The van der Waals surface area contributed by atoms with Crippen molar-refractivity contribution in [1.29, 1.82) is 0 Å². The molecule has 0 heterocycles. The molecule has 0 saturated carbocycles. The van der Waals surface area contributed by atoms with Crippen LogP contribution in [0, 0.1) is 0 Å². The van der Waals surface area contributed by atoms with Gasteiger partial charge in [0.2, 0.25) is 5.91 Å². The van der Waals surface area contributed by atoms with Crippen LogP contribution in [0.5, 0.6) is 5.75 Å². The molecule has 3 rings (SSSR count). The number of aromatic hydroxyl groups is 1. The molecule has 0 fully saturated rings. The van der Waals surface area contributed by atoms with Gasteiger partial charge in [-0.3, -0.25) is 9.59 Å². The summed E-state index contributed by atoms with van der Waals surface area (Å²) in [5, 5.41) is 14.6. The van der Waals surface area contributed by atoms with Crippen molar-refractivity contribution in [3.63, 3.8) is 0 Å². The molecule has 4 N–H and O–H groups in total. The van der Waals surface area contributed by atoms with E-state index in [0.29, 0.717) is 5.69 Å². The van der Waals surface area contributed by atoms with Crippen LogP contribution in [0.3, 0.4) is 0 Å². The maximum absolute atomic E-state index is 12.4. The molecule has 3 aromatic rings. The molecule has 0 spiro atoms. The van der Waals surface area contributed by atoms with E-state index in [1.165, 1.54) is 18.2 Å². The lowest BCUT2D eigenvalue weighted by Crippen LogP contribution is -2.15. The molecule has 24 heavy (non-hydrogen) atoms. The van der Waals surface area contributed by atoms with Crippen molar-refractivity contribution >= 4 is 39.9 Å². The number of primary amides is 1. The number of rotatable bonds is 3. The number of phenols is 1. The molecule has 0 aliphatic carbocycles. The SMILES string of the molecule is NC(=O)c1cc(NC(=O)c2cc3ccccc3cc2O)ccc1Cl. The summed E-state index contributed by atoms with van der Waals surface area (Å²) >= 11 is 5.88. The Hall–Kier alpha value is -3.05. The highest BCUT2D eigenvalue weighted by atomic mass is 35.5. The van der Waals surface area contributed by atoms with E-state index in [2.05, 4.69) is 5.32 Å². The third kappa shape index (κ3) is 3.02. The van der Waals surface area contributed by atoms with Crippen molar-refractivity contribution in [2.75, 3.05) is 5.32 Å². The van der Waals surface area contributed by atoms with Crippen molar-refractivity contribution in [1.82, 2.24) is 0 Å². The molecular weight excluding hydrogens is 328 g/mol. The lowest BCUT2D eigenvalue weighted by Gasteiger charge is -2.10. The van der Waals surface area contributed by atoms with Crippen molar-refractivity contribution in [3.05, 3.63) is 70.7 Å². The van der Waals surface area contributed by atoms with E-state index in [0.717, 1.165) is 10.8 Å². The number of benzene rings is 3. The topological polar surface area (TPSA) is 92.4 Å². The molecular formula is C18H13ClN2O3. The number of carbonyl (C=O) groups is 2. The number of hydrogen-bond donors (Lipinski definition) is 3. The number of nitrogens with two attached hydrogens (primary N) is 1. The van der Waals surface area contributed by atoms with Gasteiger partial charge in [-0.2, -0.15) is 0 Å². The summed E-state index contributed by atoms with van der Waals surface area (Å²) in [4.78, 5) is 23.7. The maximum atomic E-state index is 12.4. The van der Waals surface area contributed by atoms with Crippen LogP contribution in [-0.2, 0) is 0 Å². The smallest absolute Gasteiger partial charge is 0.259 e. The largest absolute Gasteiger partial charge is 0.507 e. The van der Waals surface area contributed by atoms with Gasteiger partial charge in [-0.05, 0) is 41.1 Å². The van der Waals surface area contributed by atoms with E-state index in [1.54, 1.807) is 12.1 Å². The molecule has 2 amide bonds. The fraction of sp³-hybridized carbons (Fsp3) is 0. The third-order valence-electron chi connectivity index (χ3n) is 3.60. The molecule has 0 bridgehead atoms. The minimum atomic E-state index is -0.690. The van der Waals surface area contributed by atoms with Gasteiger partial charge in [-0.1, -0.05) is 35.9 Å². The first-order chi connectivity index (χ1) is 11.5. The van der Waals surface area contributed by atoms with Crippen LogP contribution in [0.2, 0.25) is 5.02 Å². The predicted octanol–water partition coefficient (Wildman–Crippen LogP) is 3.55. The van der Waals surface area contributed by atoms with Crippen molar-refractivity contribution in [2.45, 2.75) is 0 Å². The van der Waals surface area contributed by atoms with E-state index >= 15 is 0 Å². The highest BCUT2D eigenvalue weighted by Gasteiger charge is 2.14. The van der Waals surface area contributed by atoms with E-state index in [-0.39, 0.29) is 21.9 Å². The van der Waals surface area contributed by atoms with Gasteiger partial charge in [0.25, 0.3) is 5.91 Å². The second-order valence-electron chi connectivity index (χ2n) is 5.23. The quantitative estimate of drug-likeness (QED) is 0.680. The molecule has 5 nitrogen and oxygen atoms in total. The fourth-order valence-corrected chi connectivity index (χ4v) is 2.61. The first kappa shape index (κ1) is 15.8. The summed E-state index contributed by atoms with van der Waals surface area (Å²) in [6.45, 7) is 0. The summed E-state index contributed by atoms with van der Waals surface area (Å²) < 4.78 is 0. The highest BCUT2D eigenvalue weighted by Crippen LogP contribution is 2.26. The first-order valence-corrected chi connectivity index (χ1v) is 7.46. The minimum absolute atomic E-state index is 0.109. The highest BCUT2D eigenvalue weighted by molar-refractivity contribution is 6.34. The molecule has 0 aromatic heterocycles. The molecule has 0 unspecified atom stereocenters. The molecule has 0 saturated heterocycles. The van der Waals surface area contributed by atoms with Crippen molar-refractivity contribution < 1.29 is 14.7 Å². The first-order valence-electron chi connectivity index (χ1n) is 7.08. The zero-order valence-corrected chi connectivity index (χ0v) is 13.2. The summed E-state index contributed by atoms with van der Waals surface area (Å²) in [6, 6.07) is 14.9. The average Bonchev–Trinajstić information content (AvgIpc) is 2.55. The number of phenolic OH excluding ortho intramolecular Hbond substituents is 1. The minimum Gasteiger partial charge on any atom is -0.507 e. The fourth-order valence-electron chi connectivity index (χ4n) is 2.40. The Morgan fingerprint density at radius 1 is 0.958 bits per heavy atom. The van der Waals surface area contributed by atoms with Crippen LogP contribution in [0.25, 0.3) is 10.8 Å². The summed E-state index contributed by atoms with van der Waals surface area (Å²) in [6.07, 6.45) is 0. The molecule has 0 atom stereocenters. The van der Waals surface area contributed by atoms with Gasteiger partial charge in [-0.15, -0.1) is 0 Å². The lowest BCUT2D eigenvalue weighted by molar-refractivity contribution is 0.0995. The van der Waals surface area contributed by atoms with Crippen LogP contribution in [0.1, 0.15) is 20.7 Å². The number of fused-ring (bicyclic) bond motifs is 1. The molecule has 0 radical (unpaired) electrons. The number of hydrogen-bond acceptors (Lipinski definition) is 3. The lowest BCUT2D eigenvalue weighted by atomic mass is 10.1. The van der Waals surface area contributed by atoms with Crippen LogP contribution >= 0.6 is 11.6 Å². The summed E-state index contributed by atoms with van der Waals surface area (Å²) in [7, 11) is 0. The maximum Gasteiger partial charge on any atom is 0.259 e. The normalized spacial score (nSPS) is 10.5. The molecule has 6 heteroatoms. The van der Waals surface area contributed by atoms with Crippen LogP contribution in [0.15, 0.2) is 54.6 Å². The van der Waals surface area contributed by atoms with E-state index in [4.69, 9.17) is 17.3 Å². The Kier molecular flexibility index (Phi) is 4.10. The third-order valence-corrected chi connectivity index (χ3v) is 3.93. The van der Waals surface area contributed by atoms with Gasteiger partial charge in [0.05, 0.1) is 16.1 Å². The standard InChI is InChI=1S/C18H13ClN2O3/c19-15-6-5-12(9-13(15)17(20)23)21-18(24)14-7-10-3-1-2-4-11(10)8-16(14)22/h1-9,22H,(H2,20,23)(H,21,24). The van der Waals surface area contributed by atoms with Crippen LogP contribution in [-0.4, -0.2) is 16.9 Å². The molecule has 0 aliphatic heterocycles. The zero-order valence-electron chi connectivity index (χ0n) is 12.4. The van der Waals surface area contributed by atoms with Crippen LogP contribution in [0.4, 0.5) is 5.69 Å². The Bertz CT molecular complexity index is 970. The predicted molar refractivity (Wildman–Crippen MR) is 93.5 cm³/mol. The number of carbonyl (C=O) groups excluding carboxylic acids is 2. The van der Waals surface area contributed by atoms with Gasteiger partial charge < -0.3 is 16.2 Å². The van der Waals surface area contributed by atoms with E-state index in [1.807, 2.05) is 24.3 Å². The summed E-state index contributed by atoms with van der Waals surface area (Å²) in [5.74, 6) is -1.32. The Labute approximate surface area is 142 Å². The number of anilines is 1. The van der Waals surface area contributed by atoms with E-state index in [9.17, 15) is 14.7 Å². The molecule has 0 aliphatic rings. The monoisotopic (exact) mass is 340 g/mol. The van der Waals surface area contributed by atoms with Gasteiger partial charge in [0, 0.05) is 5.69 Å².